The number of nitrogens with one attached hydrogen (secondary N) is 2. The normalized spacial score (nSPS) is 28.1. The van der Waals surface area contributed by atoms with E-state index in [1.54, 1.807) is 12.1 Å². The lowest BCUT2D eigenvalue weighted by Gasteiger charge is -2.45. The van der Waals surface area contributed by atoms with Crippen molar-refractivity contribution < 1.29 is 13.2 Å². The van der Waals surface area contributed by atoms with Crippen LogP contribution in [0.4, 0.5) is 0 Å². The third-order valence-corrected chi connectivity index (χ3v) is 7.22. The first-order valence-electron chi connectivity index (χ1n) is 9.92. The van der Waals surface area contributed by atoms with Crippen LogP contribution in [0.15, 0.2) is 29.2 Å². The number of fused-ring (bicyclic) bond motifs is 2. The molecule has 0 saturated heterocycles. The first kappa shape index (κ1) is 20.3. The number of carbonyl (C=O) groups is 1. The Labute approximate surface area is 162 Å². The molecule has 1 aromatic rings. The van der Waals surface area contributed by atoms with Crippen molar-refractivity contribution >= 4 is 15.9 Å². The number of carbonyl (C=O) groups excluding carboxylic acids is 1. The second-order valence-corrected chi connectivity index (χ2v) is 10.2. The Morgan fingerprint density at radius 3 is 2.30 bits per heavy atom. The summed E-state index contributed by atoms with van der Waals surface area (Å²) in [5, 5.41) is 3.20. The maximum Gasteiger partial charge on any atom is 0.251 e. The maximum absolute atomic E-state index is 12.7. The second kappa shape index (κ2) is 8.29. The summed E-state index contributed by atoms with van der Waals surface area (Å²) in [7, 11) is -3.54. The molecule has 4 N–H and O–H groups in total. The van der Waals surface area contributed by atoms with Crippen LogP contribution in [0, 0.1) is 17.8 Å². The summed E-state index contributed by atoms with van der Waals surface area (Å²) in [6.45, 7) is 4.28. The zero-order valence-electron chi connectivity index (χ0n) is 16.1. The summed E-state index contributed by atoms with van der Waals surface area (Å²) in [6, 6.07) is 6.59. The Morgan fingerprint density at radius 1 is 1.15 bits per heavy atom. The molecule has 0 spiro atoms. The van der Waals surface area contributed by atoms with Gasteiger partial charge in [0.2, 0.25) is 10.0 Å². The van der Waals surface area contributed by atoms with Crippen molar-refractivity contribution in [2.75, 3.05) is 6.54 Å². The molecule has 7 heteroatoms. The van der Waals surface area contributed by atoms with Crippen LogP contribution in [0.2, 0.25) is 0 Å². The van der Waals surface area contributed by atoms with Gasteiger partial charge in [-0.15, -0.1) is 0 Å². The van der Waals surface area contributed by atoms with Crippen molar-refractivity contribution in [3.63, 3.8) is 0 Å². The van der Waals surface area contributed by atoms with E-state index < -0.39 is 10.0 Å². The molecule has 2 atom stereocenters. The van der Waals surface area contributed by atoms with Crippen LogP contribution >= 0.6 is 0 Å². The number of nitrogens with two attached hydrogens (primary N) is 1. The first-order chi connectivity index (χ1) is 12.8. The summed E-state index contributed by atoms with van der Waals surface area (Å²) >= 11 is 0. The van der Waals surface area contributed by atoms with Crippen LogP contribution in [0.5, 0.6) is 0 Å². The van der Waals surface area contributed by atoms with Gasteiger partial charge in [-0.2, -0.15) is 0 Å². The van der Waals surface area contributed by atoms with E-state index in [4.69, 9.17) is 5.73 Å². The Hall–Kier alpha value is -1.44. The monoisotopic (exact) mass is 393 g/mol. The van der Waals surface area contributed by atoms with E-state index in [9.17, 15) is 13.2 Å². The summed E-state index contributed by atoms with van der Waals surface area (Å²) in [5.41, 5.74) is 6.65. The Balaban J connectivity index is 1.66. The molecule has 150 valence electrons. The molecule has 1 aromatic carbocycles. The van der Waals surface area contributed by atoms with Gasteiger partial charge in [-0.1, -0.05) is 20.3 Å². The zero-order chi connectivity index (χ0) is 19.6. The predicted molar refractivity (Wildman–Crippen MR) is 106 cm³/mol. The van der Waals surface area contributed by atoms with Gasteiger partial charge < -0.3 is 11.1 Å². The van der Waals surface area contributed by atoms with Gasteiger partial charge in [-0.3, -0.25) is 4.79 Å². The van der Waals surface area contributed by atoms with Crippen LogP contribution < -0.4 is 15.8 Å². The zero-order valence-corrected chi connectivity index (χ0v) is 17.0. The SMILES string of the molecule is CC(C)CNS(=O)(=O)c1ccc(C(=O)NC2C3CCCC2CC(N)C3)cc1. The summed E-state index contributed by atoms with van der Waals surface area (Å²) in [4.78, 5) is 12.9. The molecule has 2 bridgehead atoms. The molecular weight excluding hydrogens is 362 g/mol. The molecule has 27 heavy (non-hydrogen) atoms. The number of sulfonamides is 1. The van der Waals surface area contributed by atoms with Gasteiger partial charge >= 0.3 is 0 Å². The van der Waals surface area contributed by atoms with Gasteiger partial charge in [-0.05, 0) is 67.7 Å². The van der Waals surface area contributed by atoms with Gasteiger partial charge in [-0.25, -0.2) is 13.1 Å². The lowest BCUT2D eigenvalue weighted by Crippen LogP contribution is -2.53. The molecule has 2 aliphatic rings. The number of rotatable bonds is 6. The van der Waals surface area contributed by atoms with Crippen LogP contribution in [-0.4, -0.2) is 33.0 Å². The lowest BCUT2D eigenvalue weighted by atomic mass is 9.67. The highest BCUT2D eigenvalue weighted by Gasteiger charge is 2.39. The summed E-state index contributed by atoms with van der Waals surface area (Å²) < 4.78 is 27.1. The van der Waals surface area contributed by atoms with E-state index in [1.165, 1.54) is 18.6 Å². The molecule has 3 rings (SSSR count). The molecule has 0 aliphatic heterocycles. The molecule has 2 unspecified atom stereocenters. The first-order valence-corrected chi connectivity index (χ1v) is 11.4. The number of amides is 1. The average molecular weight is 394 g/mol. The standard InChI is InChI=1S/C20H31N3O3S/c1-13(2)12-22-27(25,26)18-8-6-14(7-9-18)20(24)23-19-15-4-3-5-16(19)11-17(21)10-15/h6-9,13,15-17,19,22H,3-5,10-12,21H2,1-2H3,(H,23,24). The fourth-order valence-electron chi connectivity index (χ4n) is 4.40. The third-order valence-electron chi connectivity index (χ3n) is 5.78. The minimum atomic E-state index is -3.54. The van der Waals surface area contributed by atoms with Crippen LogP contribution in [-0.2, 0) is 10.0 Å². The van der Waals surface area contributed by atoms with E-state index in [0.29, 0.717) is 23.9 Å². The van der Waals surface area contributed by atoms with Gasteiger partial charge in [0.15, 0.2) is 0 Å². The molecular formula is C20H31N3O3S. The van der Waals surface area contributed by atoms with Crippen LogP contribution in [0.3, 0.4) is 0 Å². The molecule has 6 nitrogen and oxygen atoms in total. The fraction of sp³-hybridized carbons (Fsp3) is 0.650. The van der Waals surface area contributed by atoms with Crippen LogP contribution in [0.1, 0.15) is 56.3 Å². The van der Waals surface area contributed by atoms with Gasteiger partial charge in [0.1, 0.15) is 0 Å². The molecule has 0 radical (unpaired) electrons. The maximum atomic E-state index is 12.7. The van der Waals surface area contributed by atoms with Crippen molar-refractivity contribution in [2.45, 2.75) is 62.9 Å². The minimum absolute atomic E-state index is 0.133. The molecule has 2 saturated carbocycles. The van der Waals surface area contributed by atoms with E-state index in [-0.39, 0.29) is 28.8 Å². The highest BCUT2D eigenvalue weighted by atomic mass is 32.2. The summed E-state index contributed by atoms with van der Waals surface area (Å²) in [6.07, 6.45) is 5.40. The number of benzene rings is 1. The van der Waals surface area contributed by atoms with E-state index in [0.717, 1.165) is 25.7 Å². The topological polar surface area (TPSA) is 101 Å². The molecule has 2 aliphatic carbocycles. The van der Waals surface area contributed by atoms with Crippen molar-refractivity contribution in [1.82, 2.24) is 10.0 Å². The highest BCUT2D eigenvalue weighted by molar-refractivity contribution is 7.89. The van der Waals surface area contributed by atoms with E-state index in [2.05, 4.69) is 10.0 Å². The Bertz CT molecular complexity index is 747. The fourth-order valence-corrected chi connectivity index (χ4v) is 5.62. The minimum Gasteiger partial charge on any atom is -0.349 e. The smallest absolute Gasteiger partial charge is 0.251 e. The van der Waals surface area contributed by atoms with Gasteiger partial charge in [0.05, 0.1) is 4.90 Å². The number of hydrogen-bond donors (Lipinski definition) is 3. The van der Waals surface area contributed by atoms with Gasteiger partial charge in [0.25, 0.3) is 5.91 Å². The quantitative estimate of drug-likeness (QED) is 0.690. The third kappa shape index (κ3) is 4.89. The number of hydrogen-bond acceptors (Lipinski definition) is 4. The molecule has 1 amide bonds. The highest BCUT2D eigenvalue weighted by Crippen LogP contribution is 2.39. The van der Waals surface area contributed by atoms with Crippen molar-refractivity contribution in [1.29, 1.82) is 0 Å². The summed E-state index contributed by atoms with van der Waals surface area (Å²) in [5.74, 6) is 1.01. The molecule has 0 heterocycles. The molecule has 2 fully saturated rings. The van der Waals surface area contributed by atoms with Crippen molar-refractivity contribution in [3.8, 4) is 0 Å². The molecule has 0 aromatic heterocycles. The van der Waals surface area contributed by atoms with Crippen LogP contribution in [0.25, 0.3) is 0 Å². The Kier molecular flexibility index (Phi) is 6.23. The largest absolute Gasteiger partial charge is 0.349 e. The lowest BCUT2D eigenvalue weighted by molar-refractivity contribution is 0.0756. The predicted octanol–water partition coefficient (Wildman–Crippen LogP) is 2.26. The Morgan fingerprint density at radius 2 is 1.74 bits per heavy atom. The van der Waals surface area contributed by atoms with Crippen molar-refractivity contribution in [3.05, 3.63) is 29.8 Å². The van der Waals surface area contributed by atoms with Gasteiger partial charge in [0, 0.05) is 24.2 Å². The average Bonchev–Trinajstić information content (AvgIpc) is 2.61. The second-order valence-electron chi connectivity index (χ2n) is 8.45. The van der Waals surface area contributed by atoms with E-state index in [1.807, 2.05) is 13.8 Å². The van der Waals surface area contributed by atoms with Crippen molar-refractivity contribution in [2.24, 2.45) is 23.5 Å². The van der Waals surface area contributed by atoms with E-state index >= 15 is 0 Å².